The van der Waals surface area contributed by atoms with Crippen LogP contribution in [-0.4, -0.2) is 42.6 Å². The van der Waals surface area contributed by atoms with Crippen molar-refractivity contribution in [2.75, 3.05) is 13.7 Å². The number of aliphatic hydroxyl groups is 1. The highest BCUT2D eigenvalue weighted by Crippen LogP contribution is 2.36. The number of thioether (sulfide) groups is 1. The van der Waals surface area contributed by atoms with Crippen LogP contribution in [0.15, 0.2) is 59.5 Å². The van der Waals surface area contributed by atoms with E-state index < -0.39 is 12.4 Å². The lowest BCUT2D eigenvalue weighted by Crippen LogP contribution is -2.32. The third-order valence-corrected chi connectivity index (χ3v) is 5.61. The van der Waals surface area contributed by atoms with Crippen molar-refractivity contribution >= 4 is 11.8 Å². The summed E-state index contributed by atoms with van der Waals surface area (Å²) in [5.74, 6) is 0. The maximum absolute atomic E-state index is 10.5. The molecule has 25 heavy (non-hydrogen) atoms. The molecule has 0 unspecified atom stereocenters. The van der Waals surface area contributed by atoms with Gasteiger partial charge in [-0.25, -0.2) is 0 Å². The zero-order chi connectivity index (χ0) is 17.6. The lowest BCUT2D eigenvalue weighted by Gasteiger charge is -2.19. The smallest absolute Gasteiger partial charge is 0.184 e. The van der Waals surface area contributed by atoms with Gasteiger partial charge in [-0.15, -0.1) is 11.8 Å². The van der Waals surface area contributed by atoms with Gasteiger partial charge in [-0.05, 0) is 24.6 Å². The van der Waals surface area contributed by atoms with Gasteiger partial charge in [-0.3, -0.25) is 0 Å². The SMILES string of the molecule is CO[C@H]1O[C@H](COCc2ccccc2)[C@H](Sc2ccc(C)cc2)[C@H]1O. The second-order valence-electron chi connectivity index (χ2n) is 6.17. The molecular weight excluding hydrogens is 336 g/mol. The van der Waals surface area contributed by atoms with E-state index >= 15 is 0 Å². The van der Waals surface area contributed by atoms with E-state index in [-0.39, 0.29) is 11.4 Å². The highest BCUT2D eigenvalue weighted by atomic mass is 32.2. The van der Waals surface area contributed by atoms with Crippen molar-refractivity contribution in [1.29, 1.82) is 0 Å². The van der Waals surface area contributed by atoms with Crippen LogP contribution in [0.1, 0.15) is 11.1 Å². The van der Waals surface area contributed by atoms with Gasteiger partial charge < -0.3 is 19.3 Å². The van der Waals surface area contributed by atoms with E-state index in [1.54, 1.807) is 18.9 Å². The van der Waals surface area contributed by atoms with Gasteiger partial charge in [0, 0.05) is 12.0 Å². The van der Waals surface area contributed by atoms with Crippen LogP contribution in [0.3, 0.4) is 0 Å². The number of aryl methyl sites for hydroxylation is 1. The van der Waals surface area contributed by atoms with E-state index in [1.165, 1.54) is 5.56 Å². The molecule has 2 aromatic rings. The first-order valence-corrected chi connectivity index (χ1v) is 9.26. The van der Waals surface area contributed by atoms with Crippen LogP contribution >= 0.6 is 11.8 Å². The molecule has 0 saturated carbocycles. The molecule has 134 valence electrons. The molecular formula is C20H24O4S. The summed E-state index contributed by atoms with van der Waals surface area (Å²) < 4.78 is 16.9. The molecule has 0 aromatic heterocycles. The zero-order valence-corrected chi connectivity index (χ0v) is 15.3. The normalized spacial score (nSPS) is 26.0. The van der Waals surface area contributed by atoms with Crippen LogP contribution in [0.5, 0.6) is 0 Å². The Balaban J connectivity index is 1.61. The fourth-order valence-corrected chi connectivity index (χ4v) is 3.99. The fraction of sp³-hybridized carbons (Fsp3) is 0.400. The number of rotatable bonds is 7. The number of aliphatic hydroxyl groups excluding tert-OH is 1. The molecule has 4 atom stereocenters. The molecule has 4 nitrogen and oxygen atoms in total. The van der Waals surface area contributed by atoms with Gasteiger partial charge in [-0.2, -0.15) is 0 Å². The van der Waals surface area contributed by atoms with Crippen LogP contribution < -0.4 is 0 Å². The van der Waals surface area contributed by atoms with Gasteiger partial charge in [-0.1, -0.05) is 48.0 Å². The van der Waals surface area contributed by atoms with E-state index in [1.807, 2.05) is 30.3 Å². The van der Waals surface area contributed by atoms with Crippen molar-refractivity contribution in [3.63, 3.8) is 0 Å². The van der Waals surface area contributed by atoms with E-state index in [4.69, 9.17) is 14.2 Å². The van der Waals surface area contributed by atoms with Crippen LogP contribution in [0, 0.1) is 6.92 Å². The number of hydrogen-bond donors (Lipinski definition) is 1. The van der Waals surface area contributed by atoms with Crippen LogP contribution in [0.4, 0.5) is 0 Å². The van der Waals surface area contributed by atoms with Crippen molar-refractivity contribution in [3.8, 4) is 0 Å². The molecule has 1 fully saturated rings. The van der Waals surface area contributed by atoms with E-state index in [0.717, 1.165) is 10.5 Å². The molecule has 0 bridgehead atoms. The second-order valence-corrected chi connectivity index (χ2v) is 7.42. The van der Waals surface area contributed by atoms with Crippen molar-refractivity contribution in [3.05, 3.63) is 65.7 Å². The first-order valence-electron chi connectivity index (χ1n) is 8.38. The topological polar surface area (TPSA) is 47.9 Å². The van der Waals surface area contributed by atoms with E-state index in [0.29, 0.717) is 13.2 Å². The third kappa shape index (κ3) is 4.84. The minimum absolute atomic E-state index is 0.136. The van der Waals surface area contributed by atoms with Gasteiger partial charge in [0.05, 0.1) is 24.6 Å². The molecule has 1 aliphatic rings. The van der Waals surface area contributed by atoms with Crippen molar-refractivity contribution < 1.29 is 19.3 Å². The second kappa shape index (κ2) is 8.83. The first kappa shape index (κ1) is 18.4. The summed E-state index contributed by atoms with van der Waals surface area (Å²) in [5.41, 5.74) is 2.33. The molecule has 0 spiro atoms. The predicted octanol–water partition coefficient (Wildman–Crippen LogP) is 3.40. The Kier molecular flexibility index (Phi) is 6.51. The van der Waals surface area contributed by atoms with Crippen LogP contribution in [0.25, 0.3) is 0 Å². The van der Waals surface area contributed by atoms with E-state index in [9.17, 15) is 5.11 Å². The summed E-state index contributed by atoms with van der Waals surface area (Å²) in [6.07, 6.45) is -1.54. The number of ether oxygens (including phenoxy) is 3. The molecule has 2 aromatic carbocycles. The van der Waals surface area contributed by atoms with Crippen LogP contribution in [-0.2, 0) is 20.8 Å². The summed E-state index contributed by atoms with van der Waals surface area (Å²) in [7, 11) is 1.55. The molecule has 1 saturated heterocycles. The summed E-state index contributed by atoms with van der Waals surface area (Å²) in [6.45, 7) is 2.99. The highest BCUT2D eigenvalue weighted by molar-refractivity contribution is 8.00. The summed E-state index contributed by atoms with van der Waals surface area (Å²) in [5, 5.41) is 10.4. The molecule has 1 N–H and O–H groups in total. The summed E-state index contributed by atoms with van der Waals surface area (Å²) >= 11 is 1.61. The lowest BCUT2D eigenvalue weighted by atomic mass is 10.2. The molecule has 0 aliphatic carbocycles. The van der Waals surface area contributed by atoms with E-state index in [2.05, 4.69) is 31.2 Å². The Bertz CT molecular complexity index is 647. The third-order valence-electron chi connectivity index (χ3n) is 4.21. The van der Waals surface area contributed by atoms with Gasteiger partial charge in [0.1, 0.15) is 6.10 Å². The quantitative estimate of drug-likeness (QED) is 0.820. The molecule has 1 aliphatic heterocycles. The average Bonchev–Trinajstić information content (AvgIpc) is 2.93. The molecule has 3 rings (SSSR count). The predicted molar refractivity (Wildman–Crippen MR) is 98.6 cm³/mol. The lowest BCUT2D eigenvalue weighted by molar-refractivity contribution is -0.156. The fourth-order valence-electron chi connectivity index (χ4n) is 2.82. The van der Waals surface area contributed by atoms with Crippen LogP contribution in [0.2, 0.25) is 0 Å². The zero-order valence-electron chi connectivity index (χ0n) is 14.5. The average molecular weight is 360 g/mol. The Morgan fingerprint density at radius 1 is 1.08 bits per heavy atom. The molecule has 0 amide bonds. The standard InChI is InChI=1S/C20H24O4S/c1-14-8-10-16(11-9-14)25-19-17(24-20(22-2)18(19)21)13-23-12-15-6-4-3-5-7-15/h3-11,17-21H,12-13H2,1-2H3/t17-,18-,19+,20+/m1/s1. The number of methoxy groups -OCH3 is 1. The summed E-state index contributed by atoms with van der Waals surface area (Å²) in [4.78, 5) is 1.10. The minimum atomic E-state index is -0.693. The molecule has 1 heterocycles. The highest BCUT2D eigenvalue weighted by Gasteiger charge is 2.44. The number of hydrogen-bond acceptors (Lipinski definition) is 5. The van der Waals surface area contributed by atoms with Crippen molar-refractivity contribution in [1.82, 2.24) is 0 Å². The van der Waals surface area contributed by atoms with Gasteiger partial charge in [0.15, 0.2) is 6.29 Å². The Hall–Kier alpha value is -1.37. The Labute approximate surface area is 153 Å². The Morgan fingerprint density at radius 2 is 1.80 bits per heavy atom. The number of benzene rings is 2. The van der Waals surface area contributed by atoms with Gasteiger partial charge in [0.25, 0.3) is 0 Å². The molecule has 0 radical (unpaired) electrons. The summed E-state index contributed by atoms with van der Waals surface area (Å²) in [6, 6.07) is 18.3. The minimum Gasteiger partial charge on any atom is -0.387 e. The molecule has 5 heteroatoms. The Morgan fingerprint density at radius 3 is 2.48 bits per heavy atom. The van der Waals surface area contributed by atoms with Crippen molar-refractivity contribution in [2.24, 2.45) is 0 Å². The van der Waals surface area contributed by atoms with Gasteiger partial charge in [0.2, 0.25) is 0 Å². The van der Waals surface area contributed by atoms with Gasteiger partial charge >= 0.3 is 0 Å². The monoisotopic (exact) mass is 360 g/mol. The largest absolute Gasteiger partial charge is 0.387 e. The first-order chi connectivity index (χ1) is 12.2. The maximum atomic E-state index is 10.5. The van der Waals surface area contributed by atoms with Crippen molar-refractivity contribution in [2.45, 2.75) is 42.2 Å². The maximum Gasteiger partial charge on any atom is 0.184 e.